The monoisotopic (exact) mass is 513 g/mol. The van der Waals surface area contributed by atoms with Gasteiger partial charge in [0.25, 0.3) is 0 Å². The maximum atomic E-state index is 14.1. The van der Waals surface area contributed by atoms with E-state index < -0.39 is 25.9 Å². The van der Waals surface area contributed by atoms with E-state index in [0.29, 0.717) is 48.3 Å². The van der Waals surface area contributed by atoms with Crippen molar-refractivity contribution in [3.8, 4) is 11.5 Å². The van der Waals surface area contributed by atoms with Crippen LogP contribution in [0.2, 0.25) is 0 Å². The highest BCUT2D eigenvalue weighted by atomic mass is 32.2. The molecule has 1 aliphatic rings. The fraction of sp³-hybridized carbons (Fsp3) is 0.462. The summed E-state index contributed by atoms with van der Waals surface area (Å²) in [5.41, 5.74) is 7.25. The minimum atomic E-state index is -3.65. The molecule has 0 aliphatic carbocycles. The average Bonchev–Trinajstić information content (AvgIpc) is 2.88. The van der Waals surface area contributed by atoms with Gasteiger partial charge in [-0.3, -0.25) is 0 Å². The SMILES string of the molecule is COc1cc2nc(N(C)C(C3(c4ccccc4)CCNCC3)S(=O)(=O)C(C)C)nc(N)c2cc1OC. The molecule has 1 unspecified atom stereocenters. The van der Waals surface area contributed by atoms with Gasteiger partial charge in [0, 0.05) is 23.9 Å². The summed E-state index contributed by atoms with van der Waals surface area (Å²) in [5, 5.41) is 2.50. The topological polar surface area (TPSA) is 120 Å². The molecule has 10 heteroatoms. The zero-order valence-corrected chi connectivity index (χ0v) is 22.3. The van der Waals surface area contributed by atoms with E-state index in [-0.39, 0.29) is 11.8 Å². The number of methoxy groups -OCH3 is 2. The van der Waals surface area contributed by atoms with Crippen LogP contribution in [0.4, 0.5) is 11.8 Å². The number of aromatic nitrogens is 2. The molecule has 2 aromatic carbocycles. The predicted octanol–water partition coefficient (Wildman–Crippen LogP) is 3.14. The number of piperidine rings is 1. The van der Waals surface area contributed by atoms with Crippen molar-refractivity contribution in [2.75, 3.05) is 45.0 Å². The van der Waals surface area contributed by atoms with Crippen LogP contribution in [0.5, 0.6) is 11.5 Å². The Kier molecular flexibility index (Phi) is 7.28. The predicted molar refractivity (Wildman–Crippen MR) is 144 cm³/mol. The zero-order valence-electron chi connectivity index (χ0n) is 21.5. The normalized spacial score (nSPS) is 16.6. The van der Waals surface area contributed by atoms with Gasteiger partial charge >= 0.3 is 0 Å². The van der Waals surface area contributed by atoms with E-state index in [1.54, 1.807) is 52.1 Å². The Labute approximate surface area is 212 Å². The molecule has 2 heterocycles. The fourth-order valence-corrected chi connectivity index (χ4v) is 7.27. The largest absolute Gasteiger partial charge is 0.493 e. The highest BCUT2D eigenvalue weighted by Gasteiger charge is 2.51. The molecule has 0 spiro atoms. The molecule has 0 radical (unpaired) electrons. The molecule has 1 fully saturated rings. The van der Waals surface area contributed by atoms with Gasteiger partial charge in [-0.1, -0.05) is 30.3 Å². The smallest absolute Gasteiger partial charge is 0.228 e. The number of nitrogens with two attached hydrogens (primary N) is 1. The number of ether oxygens (including phenoxy) is 2. The average molecular weight is 514 g/mol. The minimum absolute atomic E-state index is 0.238. The van der Waals surface area contributed by atoms with E-state index in [1.807, 2.05) is 30.3 Å². The second-order valence-corrected chi connectivity index (χ2v) is 12.1. The summed E-state index contributed by atoms with van der Waals surface area (Å²) in [5.74, 6) is 1.50. The van der Waals surface area contributed by atoms with Gasteiger partial charge in [-0.15, -0.1) is 0 Å². The van der Waals surface area contributed by atoms with Gasteiger partial charge in [-0.05, 0) is 51.4 Å². The van der Waals surface area contributed by atoms with Gasteiger partial charge in [0.2, 0.25) is 5.95 Å². The summed E-state index contributed by atoms with van der Waals surface area (Å²) < 4.78 is 39.0. The number of hydrogen-bond donors (Lipinski definition) is 2. The molecule has 3 aromatic rings. The van der Waals surface area contributed by atoms with Crippen LogP contribution >= 0.6 is 0 Å². The first-order chi connectivity index (χ1) is 17.2. The van der Waals surface area contributed by atoms with Crippen molar-refractivity contribution in [2.45, 2.75) is 42.7 Å². The highest BCUT2D eigenvalue weighted by Crippen LogP contribution is 2.43. The lowest BCUT2D eigenvalue weighted by Crippen LogP contribution is -2.59. The van der Waals surface area contributed by atoms with Crippen molar-refractivity contribution in [3.05, 3.63) is 48.0 Å². The van der Waals surface area contributed by atoms with Crippen molar-refractivity contribution in [1.29, 1.82) is 0 Å². The van der Waals surface area contributed by atoms with Crippen LogP contribution in [0, 0.1) is 0 Å². The van der Waals surface area contributed by atoms with Crippen molar-refractivity contribution in [2.24, 2.45) is 0 Å². The lowest BCUT2D eigenvalue weighted by atomic mass is 9.72. The molecule has 0 bridgehead atoms. The molecular formula is C26H35N5O4S. The Morgan fingerprint density at radius 3 is 2.22 bits per heavy atom. The molecule has 1 saturated heterocycles. The van der Waals surface area contributed by atoms with Crippen LogP contribution in [0.15, 0.2) is 42.5 Å². The van der Waals surface area contributed by atoms with Crippen LogP contribution < -0.4 is 25.4 Å². The molecule has 3 N–H and O–H groups in total. The number of benzene rings is 2. The molecule has 0 amide bonds. The molecule has 194 valence electrons. The number of fused-ring (bicyclic) bond motifs is 1. The van der Waals surface area contributed by atoms with Gasteiger partial charge < -0.3 is 25.4 Å². The molecule has 1 aromatic heterocycles. The van der Waals surface area contributed by atoms with Crippen LogP contribution in [0.3, 0.4) is 0 Å². The third-order valence-corrected chi connectivity index (χ3v) is 9.88. The van der Waals surface area contributed by atoms with Gasteiger partial charge in [-0.25, -0.2) is 13.4 Å². The van der Waals surface area contributed by atoms with E-state index in [2.05, 4.69) is 10.3 Å². The van der Waals surface area contributed by atoms with Crippen LogP contribution in [0.1, 0.15) is 32.3 Å². The molecule has 0 saturated carbocycles. The maximum absolute atomic E-state index is 14.1. The summed E-state index contributed by atoms with van der Waals surface area (Å²) >= 11 is 0. The molecule has 1 atom stereocenters. The van der Waals surface area contributed by atoms with Crippen LogP contribution in [0.25, 0.3) is 10.9 Å². The number of nitrogens with one attached hydrogen (secondary N) is 1. The van der Waals surface area contributed by atoms with Gasteiger partial charge in [0.15, 0.2) is 21.3 Å². The van der Waals surface area contributed by atoms with Crippen molar-refractivity contribution < 1.29 is 17.9 Å². The summed E-state index contributed by atoms with van der Waals surface area (Å²) in [6, 6.07) is 13.4. The lowest BCUT2D eigenvalue weighted by molar-refractivity contribution is 0.286. The summed E-state index contributed by atoms with van der Waals surface area (Å²) in [6.45, 7) is 4.88. The number of nitrogens with zero attached hydrogens (tertiary/aromatic N) is 3. The Balaban J connectivity index is 1.93. The number of rotatable bonds is 8. The van der Waals surface area contributed by atoms with E-state index >= 15 is 0 Å². The van der Waals surface area contributed by atoms with Gasteiger partial charge in [0.1, 0.15) is 11.2 Å². The number of anilines is 2. The first-order valence-electron chi connectivity index (χ1n) is 12.1. The minimum Gasteiger partial charge on any atom is -0.493 e. The van der Waals surface area contributed by atoms with E-state index in [9.17, 15) is 8.42 Å². The molecular weight excluding hydrogens is 478 g/mol. The number of hydrogen-bond acceptors (Lipinski definition) is 9. The van der Waals surface area contributed by atoms with Crippen LogP contribution in [-0.2, 0) is 15.3 Å². The van der Waals surface area contributed by atoms with E-state index in [0.717, 1.165) is 5.56 Å². The molecule has 4 rings (SSSR count). The van der Waals surface area contributed by atoms with Crippen molar-refractivity contribution >= 4 is 32.5 Å². The third-order valence-electron chi connectivity index (χ3n) is 7.17. The molecule has 36 heavy (non-hydrogen) atoms. The fourth-order valence-electron chi connectivity index (χ4n) is 5.21. The second kappa shape index (κ2) is 10.1. The van der Waals surface area contributed by atoms with Crippen molar-refractivity contribution in [3.63, 3.8) is 0 Å². The van der Waals surface area contributed by atoms with E-state index in [1.165, 1.54) is 0 Å². The van der Waals surface area contributed by atoms with Gasteiger partial charge in [-0.2, -0.15) is 4.98 Å². The Morgan fingerprint density at radius 1 is 1.03 bits per heavy atom. The Morgan fingerprint density at radius 2 is 1.64 bits per heavy atom. The highest BCUT2D eigenvalue weighted by molar-refractivity contribution is 7.92. The standard InChI is InChI=1S/C26H35N5O4S/c1-17(2)36(32,33)24(26(11-13-28-14-12-26)18-9-7-6-8-10-18)31(3)25-29-20-16-22(35-5)21(34-4)15-19(20)23(27)30-25/h6-10,15-17,24,28H,11-14H2,1-5H3,(H2,27,29,30). The number of likely N-dealkylation sites (N-methyl/N-ethyl adjacent to an activating group) is 1. The maximum Gasteiger partial charge on any atom is 0.228 e. The third kappa shape index (κ3) is 4.43. The van der Waals surface area contributed by atoms with Crippen molar-refractivity contribution in [1.82, 2.24) is 15.3 Å². The lowest BCUT2D eigenvalue weighted by Gasteiger charge is -2.47. The van der Waals surface area contributed by atoms with Crippen LogP contribution in [-0.4, -0.2) is 63.4 Å². The number of sulfone groups is 1. The first kappa shape index (κ1) is 26.0. The summed E-state index contributed by atoms with van der Waals surface area (Å²) in [7, 11) is 1.20. The summed E-state index contributed by atoms with van der Waals surface area (Å²) in [6.07, 6.45) is 1.32. The second-order valence-electron chi connectivity index (χ2n) is 9.51. The molecule has 9 nitrogen and oxygen atoms in total. The summed E-state index contributed by atoms with van der Waals surface area (Å²) in [4.78, 5) is 11.0. The Hall–Kier alpha value is -3.11. The quantitative estimate of drug-likeness (QED) is 0.468. The first-order valence-corrected chi connectivity index (χ1v) is 13.7. The number of nitrogen functional groups attached to an aromatic ring is 1. The van der Waals surface area contributed by atoms with E-state index in [4.69, 9.17) is 20.2 Å². The van der Waals surface area contributed by atoms with Gasteiger partial charge in [0.05, 0.1) is 25.0 Å². The Bertz CT molecular complexity index is 1330. The molecule has 1 aliphatic heterocycles. The zero-order chi connectivity index (χ0) is 26.1.